The van der Waals surface area contributed by atoms with E-state index in [-0.39, 0.29) is 18.3 Å². The maximum absolute atomic E-state index is 13.1. The van der Waals surface area contributed by atoms with Crippen LogP contribution in [0.15, 0.2) is 42.5 Å². The van der Waals surface area contributed by atoms with Crippen LogP contribution in [0.5, 0.6) is 0 Å². The van der Waals surface area contributed by atoms with Crippen LogP contribution in [0.2, 0.25) is 5.02 Å². The summed E-state index contributed by atoms with van der Waals surface area (Å²) in [5, 5.41) is 1.28. The molecule has 27 heavy (non-hydrogen) atoms. The van der Waals surface area contributed by atoms with Crippen molar-refractivity contribution in [3.05, 3.63) is 58.6 Å². The van der Waals surface area contributed by atoms with Crippen molar-refractivity contribution < 1.29 is 4.79 Å². The average Bonchev–Trinajstić information content (AvgIpc) is 3.04. The van der Waals surface area contributed by atoms with E-state index in [1.165, 1.54) is 5.56 Å². The Hall–Kier alpha value is -1.66. The lowest BCUT2D eigenvalue weighted by Gasteiger charge is -2.22. The Balaban J connectivity index is 0.00000261. The molecular formula is C20H23Cl2N3OS. The lowest BCUT2D eigenvalue weighted by Crippen LogP contribution is -2.36. The first-order valence-electron chi connectivity index (χ1n) is 8.59. The lowest BCUT2D eigenvalue weighted by molar-refractivity contribution is 0.0985. The molecule has 0 saturated heterocycles. The molecule has 0 N–H and O–H groups in total. The smallest absolute Gasteiger partial charge is 0.260 e. The molecule has 0 spiro atoms. The normalized spacial score (nSPS) is 10.9. The molecule has 0 atom stereocenters. The number of aromatic nitrogens is 1. The number of anilines is 1. The molecule has 4 nitrogen and oxygen atoms in total. The van der Waals surface area contributed by atoms with Crippen LogP contribution in [-0.2, 0) is 6.42 Å². The fourth-order valence-electron chi connectivity index (χ4n) is 2.65. The molecule has 1 aromatic heterocycles. The van der Waals surface area contributed by atoms with E-state index in [1.54, 1.807) is 40.5 Å². The first kappa shape index (κ1) is 21.6. The molecule has 1 heterocycles. The second kappa shape index (κ2) is 9.51. The number of nitrogens with zero attached hydrogens (tertiary/aromatic N) is 3. The van der Waals surface area contributed by atoms with Gasteiger partial charge in [0.1, 0.15) is 0 Å². The largest absolute Gasteiger partial charge is 0.308 e. The molecule has 144 valence electrons. The summed E-state index contributed by atoms with van der Waals surface area (Å²) in [7, 11) is 3.99. The van der Waals surface area contributed by atoms with Gasteiger partial charge in [-0.15, -0.1) is 12.4 Å². The van der Waals surface area contributed by atoms with E-state index in [0.717, 1.165) is 28.3 Å². The number of hydrogen-bond donors (Lipinski definition) is 0. The highest BCUT2D eigenvalue weighted by Crippen LogP contribution is 2.30. The van der Waals surface area contributed by atoms with E-state index in [0.29, 0.717) is 17.1 Å². The number of halogens is 2. The second-order valence-corrected chi connectivity index (χ2v) is 7.87. The van der Waals surface area contributed by atoms with Gasteiger partial charge in [-0.05, 0) is 56.4 Å². The Morgan fingerprint density at radius 1 is 1.15 bits per heavy atom. The number of amides is 1. The SMILES string of the molecule is CCc1ccc2nc(N(CCN(C)C)C(=O)c3cccc(Cl)c3)sc2c1.Cl. The van der Waals surface area contributed by atoms with Crippen LogP contribution in [0, 0.1) is 0 Å². The highest BCUT2D eigenvalue weighted by molar-refractivity contribution is 7.22. The van der Waals surface area contributed by atoms with Crippen molar-refractivity contribution in [2.45, 2.75) is 13.3 Å². The number of fused-ring (bicyclic) bond motifs is 1. The number of aryl methyl sites for hydroxylation is 1. The van der Waals surface area contributed by atoms with Crippen molar-refractivity contribution in [1.29, 1.82) is 0 Å². The fourth-order valence-corrected chi connectivity index (χ4v) is 3.90. The number of rotatable bonds is 6. The molecule has 0 aliphatic heterocycles. The number of hydrogen-bond acceptors (Lipinski definition) is 4. The van der Waals surface area contributed by atoms with E-state index in [1.807, 2.05) is 20.2 Å². The lowest BCUT2D eigenvalue weighted by atomic mass is 10.2. The van der Waals surface area contributed by atoms with E-state index in [4.69, 9.17) is 16.6 Å². The van der Waals surface area contributed by atoms with Gasteiger partial charge in [-0.1, -0.05) is 42.0 Å². The Bertz CT molecular complexity index is 926. The summed E-state index contributed by atoms with van der Waals surface area (Å²) >= 11 is 7.63. The molecule has 0 aliphatic rings. The third kappa shape index (κ3) is 5.20. The molecule has 2 aromatic carbocycles. The van der Waals surface area contributed by atoms with Gasteiger partial charge in [0.15, 0.2) is 5.13 Å². The molecule has 0 unspecified atom stereocenters. The average molecular weight is 424 g/mol. The maximum atomic E-state index is 13.1. The van der Waals surface area contributed by atoms with Gasteiger partial charge in [0.2, 0.25) is 0 Å². The Morgan fingerprint density at radius 3 is 2.59 bits per heavy atom. The second-order valence-electron chi connectivity index (χ2n) is 6.42. The summed E-state index contributed by atoms with van der Waals surface area (Å²) in [5.41, 5.74) is 2.77. The van der Waals surface area contributed by atoms with Crippen molar-refractivity contribution in [1.82, 2.24) is 9.88 Å². The van der Waals surface area contributed by atoms with E-state index < -0.39 is 0 Å². The van der Waals surface area contributed by atoms with Gasteiger partial charge in [-0.2, -0.15) is 0 Å². The molecule has 0 fully saturated rings. The van der Waals surface area contributed by atoms with Crippen LogP contribution in [0.3, 0.4) is 0 Å². The van der Waals surface area contributed by atoms with Gasteiger partial charge in [-0.3, -0.25) is 9.69 Å². The molecule has 0 saturated carbocycles. The quantitative estimate of drug-likeness (QED) is 0.550. The number of benzene rings is 2. The summed E-state index contributed by atoms with van der Waals surface area (Å²) < 4.78 is 1.10. The molecule has 0 bridgehead atoms. The van der Waals surface area contributed by atoms with Crippen molar-refractivity contribution in [2.75, 3.05) is 32.1 Å². The van der Waals surface area contributed by atoms with Crippen LogP contribution < -0.4 is 4.90 Å². The summed E-state index contributed by atoms with van der Waals surface area (Å²) in [5.74, 6) is -0.0795. The van der Waals surface area contributed by atoms with Crippen LogP contribution in [0.4, 0.5) is 5.13 Å². The maximum Gasteiger partial charge on any atom is 0.260 e. The molecule has 0 radical (unpaired) electrons. The van der Waals surface area contributed by atoms with E-state index >= 15 is 0 Å². The van der Waals surface area contributed by atoms with Crippen molar-refractivity contribution >= 4 is 56.6 Å². The van der Waals surface area contributed by atoms with Crippen LogP contribution in [-0.4, -0.2) is 43.0 Å². The fraction of sp³-hybridized carbons (Fsp3) is 0.300. The molecule has 7 heteroatoms. The summed E-state index contributed by atoms with van der Waals surface area (Å²) in [4.78, 5) is 21.6. The Morgan fingerprint density at radius 2 is 1.93 bits per heavy atom. The first-order chi connectivity index (χ1) is 12.5. The van der Waals surface area contributed by atoms with Gasteiger partial charge in [0.25, 0.3) is 5.91 Å². The third-order valence-corrected chi connectivity index (χ3v) is 5.44. The summed E-state index contributed by atoms with van der Waals surface area (Å²) in [6.45, 7) is 3.45. The van der Waals surface area contributed by atoms with Crippen LogP contribution >= 0.6 is 35.3 Å². The van der Waals surface area contributed by atoms with Gasteiger partial charge in [0, 0.05) is 23.7 Å². The predicted octanol–water partition coefficient (Wildman–Crippen LogP) is 5.14. The predicted molar refractivity (Wildman–Crippen MR) is 118 cm³/mol. The number of carbonyl (C=O) groups excluding carboxylic acids is 1. The molecule has 3 rings (SSSR count). The third-order valence-electron chi connectivity index (χ3n) is 4.17. The Labute approximate surface area is 175 Å². The highest BCUT2D eigenvalue weighted by atomic mass is 35.5. The topological polar surface area (TPSA) is 36.4 Å². The van der Waals surface area contributed by atoms with Crippen molar-refractivity contribution in [3.8, 4) is 0 Å². The van der Waals surface area contributed by atoms with Gasteiger partial charge in [0.05, 0.1) is 10.2 Å². The zero-order valence-electron chi connectivity index (χ0n) is 15.6. The molecule has 3 aromatic rings. The van der Waals surface area contributed by atoms with Crippen LogP contribution in [0.25, 0.3) is 10.2 Å². The van der Waals surface area contributed by atoms with E-state index in [9.17, 15) is 4.79 Å². The van der Waals surface area contributed by atoms with Crippen LogP contribution in [0.1, 0.15) is 22.8 Å². The van der Waals surface area contributed by atoms with Gasteiger partial charge >= 0.3 is 0 Å². The summed E-state index contributed by atoms with van der Waals surface area (Å²) in [6.07, 6.45) is 0.981. The zero-order valence-corrected chi connectivity index (χ0v) is 18.0. The summed E-state index contributed by atoms with van der Waals surface area (Å²) in [6, 6.07) is 13.3. The Kier molecular flexibility index (Phi) is 7.62. The molecular weight excluding hydrogens is 401 g/mol. The minimum atomic E-state index is -0.0795. The monoisotopic (exact) mass is 423 g/mol. The number of thiazole rings is 1. The zero-order chi connectivity index (χ0) is 18.7. The number of likely N-dealkylation sites (N-methyl/N-ethyl adjacent to an activating group) is 1. The number of carbonyl (C=O) groups is 1. The van der Waals surface area contributed by atoms with Gasteiger partial charge < -0.3 is 4.90 Å². The minimum absolute atomic E-state index is 0. The van der Waals surface area contributed by atoms with Crippen molar-refractivity contribution in [2.24, 2.45) is 0 Å². The van der Waals surface area contributed by atoms with Gasteiger partial charge in [-0.25, -0.2) is 4.98 Å². The first-order valence-corrected chi connectivity index (χ1v) is 9.79. The van der Waals surface area contributed by atoms with Crippen molar-refractivity contribution in [3.63, 3.8) is 0 Å². The van der Waals surface area contributed by atoms with E-state index in [2.05, 4.69) is 24.0 Å². The minimum Gasteiger partial charge on any atom is -0.308 e. The molecule has 1 amide bonds. The molecule has 0 aliphatic carbocycles. The standard InChI is InChI=1S/C20H22ClN3OS.ClH/c1-4-14-8-9-17-18(12-14)26-20(22-17)24(11-10-23(2)3)19(25)15-6-5-7-16(21)13-15;/h5-9,12-13H,4,10-11H2,1-3H3;1H. The highest BCUT2D eigenvalue weighted by Gasteiger charge is 2.21.